The van der Waals surface area contributed by atoms with Gasteiger partial charge < -0.3 is 5.32 Å². The molecular formula is C18H18N2. The number of benzene rings is 2. The zero-order valence-corrected chi connectivity index (χ0v) is 11.6. The molecular weight excluding hydrogens is 244 g/mol. The van der Waals surface area contributed by atoms with Crippen molar-refractivity contribution in [1.82, 2.24) is 4.98 Å². The van der Waals surface area contributed by atoms with Crippen molar-refractivity contribution in [2.45, 2.75) is 19.9 Å². The van der Waals surface area contributed by atoms with Gasteiger partial charge in [0.2, 0.25) is 0 Å². The van der Waals surface area contributed by atoms with E-state index in [0.717, 1.165) is 18.7 Å². The summed E-state index contributed by atoms with van der Waals surface area (Å²) in [5.41, 5.74) is 3.74. The van der Waals surface area contributed by atoms with Gasteiger partial charge in [0.1, 0.15) is 0 Å². The molecule has 3 aromatic rings. The van der Waals surface area contributed by atoms with Crippen LogP contribution in [0.15, 0.2) is 60.9 Å². The van der Waals surface area contributed by atoms with Crippen LogP contribution in [-0.2, 0) is 13.0 Å². The molecule has 100 valence electrons. The zero-order valence-electron chi connectivity index (χ0n) is 11.6. The minimum absolute atomic E-state index is 0.793. The Labute approximate surface area is 119 Å². The summed E-state index contributed by atoms with van der Waals surface area (Å²) in [6.07, 6.45) is 4.92. The molecule has 2 heteroatoms. The lowest BCUT2D eigenvalue weighted by atomic mass is 10.1. The number of hydrogen-bond donors (Lipinski definition) is 1. The molecule has 2 aromatic carbocycles. The maximum Gasteiger partial charge on any atom is 0.0422 e. The minimum atomic E-state index is 0.793. The Morgan fingerprint density at radius 1 is 1.00 bits per heavy atom. The molecule has 0 unspecified atom stereocenters. The van der Waals surface area contributed by atoms with Gasteiger partial charge in [-0.1, -0.05) is 43.3 Å². The molecule has 1 N–H and O–H groups in total. The highest BCUT2D eigenvalue weighted by atomic mass is 14.9. The van der Waals surface area contributed by atoms with Gasteiger partial charge in [-0.25, -0.2) is 0 Å². The molecule has 3 rings (SSSR count). The van der Waals surface area contributed by atoms with E-state index in [0.29, 0.717) is 0 Å². The van der Waals surface area contributed by atoms with Crippen molar-refractivity contribution in [2.75, 3.05) is 5.32 Å². The molecule has 0 atom stereocenters. The van der Waals surface area contributed by atoms with Crippen molar-refractivity contribution in [3.05, 3.63) is 72.1 Å². The summed E-state index contributed by atoms with van der Waals surface area (Å²) < 4.78 is 0. The van der Waals surface area contributed by atoms with Crippen molar-refractivity contribution in [1.29, 1.82) is 0 Å². The smallest absolute Gasteiger partial charge is 0.0422 e. The predicted molar refractivity (Wildman–Crippen MR) is 84.9 cm³/mol. The summed E-state index contributed by atoms with van der Waals surface area (Å²) in [5.74, 6) is 0. The third-order valence-electron chi connectivity index (χ3n) is 3.57. The summed E-state index contributed by atoms with van der Waals surface area (Å²) in [6, 6.07) is 16.9. The average molecular weight is 262 g/mol. The number of hydrogen-bond acceptors (Lipinski definition) is 2. The Morgan fingerprint density at radius 2 is 1.90 bits per heavy atom. The molecule has 0 aliphatic rings. The van der Waals surface area contributed by atoms with Crippen LogP contribution in [0, 0.1) is 0 Å². The number of aromatic nitrogens is 1. The highest BCUT2D eigenvalue weighted by molar-refractivity contribution is 5.84. The molecule has 0 saturated heterocycles. The topological polar surface area (TPSA) is 24.9 Å². The molecule has 0 fully saturated rings. The number of aryl methyl sites for hydroxylation is 1. The van der Waals surface area contributed by atoms with Crippen LogP contribution >= 0.6 is 0 Å². The first kappa shape index (κ1) is 12.7. The molecule has 0 aliphatic heterocycles. The lowest BCUT2D eigenvalue weighted by molar-refractivity contribution is 1.11. The summed E-state index contributed by atoms with van der Waals surface area (Å²) in [6.45, 7) is 2.97. The van der Waals surface area contributed by atoms with Gasteiger partial charge in [0.15, 0.2) is 0 Å². The highest BCUT2D eigenvalue weighted by Crippen LogP contribution is 2.19. The summed E-state index contributed by atoms with van der Waals surface area (Å²) in [5, 5.41) is 5.94. The van der Waals surface area contributed by atoms with Crippen LogP contribution < -0.4 is 5.32 Å². The van der Waals surface area contributed by atoms with E-state index in [9.17, 15) is 0 Å². The lowest BCUT2D eigenvalue weighted by Gasteiger charge is -2.10. The van der Waals surface area contributed by atoms with Crippen LogP contribution in [0.4, 0.5) is 5.69 Å². The van der Waals surface area contributed by atoms with Crippen molar-refractivity contribution < 1.29 is 0 Å². The van der Waals surface area contributed by atoms with E-state index in [2.05, 4.69) is 59.7 Å². The van der Waals surface area contributed by atoms with Crippen LogP contribution in [0.3, 0.4) is 0 Å². The molecule has 0 aliphatic carbocycles. The second kappa shape index (κ2) is 5.74. The Bertz CT molecular complexity index is 714. The van der Waals surface area contributed by atoms with E-state index in [-0.39, 0.29) is 0 Å². The molecule has 2 nitrogen and oxygen atoms in total. The zero-order chi connectivity index (χ0) is 13.8. The fraction of sp³-hybridized carbons (Fsp3) is 0.167. The van der Waals surface area contributed by atoms with Crippen LogP contribution in [0.25, 0.3) is 10.8 Å². The van der Waals surface area contributed by atoms with Crippen molar-refractivity contribution >= 4 is 16.5 Å². The first-order valence-corrected chi connectivity index (χ1v) is 7.01. The third-order valence-corrected chi connectivity index (χ3v) is 3.57. The maximum atomic E-state index is 4.32. The Kier molecular flexibility index (Phi) is 3.64. The van der Waals surface area contributed by atoms with E-state index < -0.39 is 0 Å². The first-order chi connectivity index (χ1) is 9.86. The fourth-order valence-electron chi connectivity index (χ4n) is 2.42. The average Bonchev–Trinajstić information content (AvgIpc) is 2.53. The van der Waals surface area contributed by atoms with Crippen molar-refractivity contribution in [2.24, 2.45) is 0 Å². The molecule has 0 radical (unpaired) electrons. The third kappa shape index (κ3) is 2.64. The van der Waals surface area contributed by atoms with Crippen LogP contribution in [-0.4, -0.2) is 4.98 Å². The normalized spacial score (nSPS) is 10.7. The number of pyridine rings is 1. The van der Waals surface area contributed by atoms with Gasteiger partial charge in [-0.05, 0) is 35.1 Å². The van der Waals surface area contributed by atoms with E-state index in [1.54, 1.807) is 0 Å². The van der Waals surface area contributed by atoms with Gasteiger partial charge >= 0.3 is 0 Å². The number of rotatable bonds is 4. The lowest BCUT2D eigenvalue weighted by Crippen LogP contribution is -2.01. The van der Waals surface area contributed by atoms with E-state index >= 15 is 0 Å². The Balaban J connectivity index is 1.83. The van der Waals surface area contributed by atoms with Crippen molar-refractivity contribution in [3.63, 3.8) is 0 Å². The molecule has 0 amide bonds. The summed E-state index contributed by atoms with van der Waals surface area (Å²) >= 11 is 0. The molecule has 0 bridgehead atoms. The van der Waals surface area contributed by atoms with Gasteiger partial charge in [-0.15, -0.1) is 0 Å². The number of anilines is 1. The monoisotopic (exact) mass is 262 g/mol. The van der Waals surface area contributed by atoms with Gasteiger partial charge in [0.25, 0.3) is 0 Å². The predicted octanol–water partition coefficient (Wildman–Crippen LogP) is 4.41. The first-order valence-electron chi connectivity index (χ1n) is 7.01. The van der Waals surface area contributed by atoms with E-state index in [1.165, 1.54) is 21.9 Å². The number of fused-ring (bicyclic) bond motifs is 1. The van der Waals surface area contributed by atoms with E-state index in [4.69, 9.17) is 0 Å². The quantitative estimate of drug-likeness (QED) is 0.753. The minimum Gasteiger partial charge on any atom is -0.381 e. The number of nitrogens with zero attached hydrogens (tertiary/aromatic N) is 1. The van der Waals surface area contributed by atoms with Gasteiger partial charge in [0, 0.05) is 30.0 Å². The Hall–Kier alpha value is -2.35. The Morgan fingerprint density at radius 3 is 2.80 bits per heavy atom. The standard InChI is InChI=1S/C18H18N2/c1-2-14-6-5-8-17(10-14)20-13-16-12-19-11-15-7-3-4-9-18(15)16/h3-12,20H,2,13H2,1H3. The van der Waals surface area contributed by atoms with Gasteiger partial charge in [-0.2, -0.15) is 0 Å². The molecule has 1 aromatic heterocycles. The largest absolute Gasteiger partial charge is 0.381 e. The SMILES string of the molecule is CCc1cccc(NCc2cncc3ccccc23)c1. The number of nitrogens with one attached hydrogen (secondary N) is 1. The van der Waals surface area contributed by atoms with Crippen LogP contribution in [0.5, 0.6) is 0 Å². The highest BCUT2D eigenvalue weighted by Gasteiger charge is 2.01. The molecule has 1 heterocycles. The second-order valence-corrected chi connectivity index (χ2v) is 4.93. The van der Waals surface area contributed by atoms with Crippen LogP contribution in [0.1, 0.15) is 18.1 Å². The van der Waals surface area contributed by atoms with Crippen LogP contribution in [0.2, 0.25) is 0 Å². The van der Waals surface area contributed by atoms with Gasteiger partial charge in [0.05, 0.1) is 0 Å². The summed E-state index contributed by atoms with van der Waals surface area (Å²) in [7, 11) is 0. The molecule has 0 saturated carbocycles. The van der Waals surface area contributed by atoms with Gasteiger partial charge in [-0.3, -0.25) is 4.98 Å². The second-order valence-electron chi connectivity index (χ2n) is 4.93. The summed E-state index contributed by atoms with van der Waals surface area (Å²) in [4.78, 5) is 4.32. The molecule has 0 spiro atoms. The fourth-order valence-corrected chi connectivity index (χ4v) is 2.42. The van der Waals surface area contributed by atoms with E-state index in [1.807, 2.05) is 18.5 Å². The molecule has 20 heavy (non-hydrogen) atoms. The van der Waals surface area contributed by atoms with Crippen molar-refractivity contribution in [3.8, 4) is 0 Å². The maximum absolute atomic E-state index is 4.32.